The van der Waals surface area contributed by atoms with Crippen LogP contribution in [0.2, 0.25) is 0 Å². The maximum absolute atomic E-state index is 12.0. The standard InChI is InChI=1S/C13H16N2O2S2/c1-8-10(11(16)14-7-13(2,3)17)19-12(15-8)9-4-5-18-6-9/h4-6,17H,7H2,1-3H3,(H,14,16). The summed E-state index contributed by atoms with van der Waals surface area (Å²) >= 11 is 2.98. The number of aliphatic hydroxyl groups is 1. The number of hydrogen-bond acceptors (Lipinski definition) is 5. The summed E-state index contributed by atoms with van der Waals surface area (Å²) in [5.41, 5.74) is 0.851. The van der Waals surface area contributed by atoms with Gasteiger partial charge in [0.2, 0.25) is 0 Å². The monoisotopic (exact) mass is 296 g/mol. The molecular weight excluding hydrogens is 280 g/mol. The molecule has 102 valence electrons. The van der Waals surface area contributed by atoms with Gasteiger partial charge in [-0.25, -0.2) is 4.98 Å². The third kappa shape index (κ3) is 3.62. The van der Waals surface area contributed by atoms with Gasteiger partial charge in [0, 0.05) is 17.5 Å². The lowest BCUT2D eigenvalue weighted by molar-refractivity contribution is 0.0696. The number of aromatic nitrogens is 1. The summed E-state index contributed by atoms with van der Waals surface area (Å²) < 4.78 is 0. The zero-order valence-electron chi connectivity index (χ0n) is 11.1. The van der Waals surface area contributed by atoms with Crippen molar-refractivity contribution in [1.82, 2.24) is 10.3 Å². The van der Waals surface area contributed by atoms with E-state index >= 15 is 0 Å². The van der Waals surface area contributed by atoms with Crippen molar-refractivity contribution in [1.29, 1.82) is 0 Å². The first kappa shape index (κ1) is 14.2. The SMILES string of the molecule is Cc1nc(-c2ccsc2)sc1C(=O)NCC(C)(C)O. The number of hydrogen-bond donors (Lipinski definition) is 2. The Bertz CT molecular complexity index is 568. The second-order valence-electron chi connectivity index (χ2n) is 4.94. The second kappa shape index (κ2) is 5.40. The topological polar surface area (TPSA) is 62.2 Å². The van der Waals surface area contributed by atoms with Gasteiger partial charge >= 0.3 is 0 Å². The molecule has 4 nitrogen and oxygen atoms in total. The fourth-order valence-corrected chi connectivity index (χ4v) is 3.19. The Balaban J connectivity index is 2.15. The molecule has 0 aromatic carbocycles. The Labute approximate surface area is 120 Å². The third-order valence-electron chi connectivity index (χ3n) is 2.45. The van der Waals surface area contributed by atoms with E-state index in [4.69, 9.17) is 0 Å². The number of carbonyl (C=O) groups excluding carboxylic acids is 1. The van der Waals surface area contributed by atoms with Crippen molar-refractivity contribution in [3.63, 3.8) is 0 Å². The first-order valence-corrected chi connectivity index (χ1v) is 7.63. The van der Waals surface area contributed by atoms with Gasteiger partial charge < -0.3 is 10.4 Å². The Kier molecular flexibility index (Phi) is 4.03. The van der Waals surface area contributed by atoms with Crippen LogP contribution in [0.3, 0.4) is 0 Å². The summed E-state index contributed by atoms with van der Waals surface area (Å²) in [6.45, 7) is 5.36. The average molecular weight is 296 g/mol. The zero-order chi connectivity index (χ0) is 14.0. The fourth-order valence-electron chi connectivity index (χ4n) is 1.49. The van der Waals surface area contributed by atoms with Crippen LogP contribution in [0.25, 0.3) is 10.6 Å². The highest BCUT2D eigenvalue weighted by atomic mass is 32.1. The number of nitrogens with one attached hydrogen (secondary N) is 1. The van der Waals surface area contributed by atoms with E-state index in [9.17, 15) is 9.90 Å². The van der Waals surface area contributed by atoms with Crippen LogP contribution in [0.5, 0.6) is 0 Å². The molecule has 2 rings (SSSR count). The molecular formula is C13H16N2O2S2. The van der Waals surface area contributed by atoms with E-state index in [1.807, 2.05) is 23.8 Å². The molecule has 0 bridgehead atoms. The van der Waals surface area contributed by atoms with Crippen LogP contribution in [0, 0.1) is 6.92 Å². The molecule has 0 saturated heterocycles. The second-order valence-corrected chi connectivity index (χ2v) is 6.72. The van der Waals surface area contributed by atoms with E-state index in [-0.39, 0.29) is 12.5 Å². The molecule has 0 saturated carbocycles. The summed E-state index contributed by atoms with van der Waals surface area (Å²) in [7, 11) is 0. The molecule has 0 aliphatic carbocycles. The van der Waals surface area contributed by atoms with Crippen LogP contribution >= 0.6 is 22.7 Å². The molecule has 2 aromatic rings. The minimum Gasteiger partial charge on any atom is -0.389 e. The van der Waals surface area contributed by atoms with Crippen LogP contribution in [0.15, 0.2) is 16.8 Å². The molecule has 0 radical (unpaired) electrons. The van der Waals surface area contributed by atoms with Gasteiger partial charge in [-0.2, -0.15) is 11.3 Å². The quantitative estimate of drug-likeness (QED) is 0.912. The molecule has 2 heterocycles. The van der Waals surface area contributed by atoms with Gasteiger partial charge in [0.25, 0.3) is 5.91 Å². The first-order chi connectivity index (χ1) is 8.87. The fraction of sp³-hybridized carbons (Fsp3) is 0.385. The molecule has 0 unspecified atom stereocenters. The number of thiazole rings is 1. The number of carbonyl (C=O) groups is 1. The van der Waals surface area contributed by atoms with Gasteiger partial charge in [-0.05, 0) is 32.2 Å². The Morgan fingerprint density at radius 1 is 1.53 bits per heavy atom. The number of nitrogens with zero attached hydrogens (tertiary/aromatic N) is 1. The summed E-state index contributed by atoms with van der Waals surface area (Å²) in [5.74, 6) is -0.182. The van der Waals surface area contributed by atoms with Gasteiger partial charge in [0.05, 0.1) is 11.3 Å². The predicted octanol–water partition coefficient (Wildman–Crippen LogP) is 2.68. The van der Waals surface area contributed by atoms with E-state index in [2.05, 4.69) is 10.3 Å². The van der Waals surface area contributed by atoms with Crippen molar-refractivity contribution in [2.75, 3.05) is 6.54 Å². The molecule has 19 heavy (non-hydrogen) atoms. The number of rotatable bonds is 4. The predicted molar refractivity (Wildman–Crippen MR) is 78.8 cm³/mol. The van der Waals surface area contributed by atoms with E-state index in [0.29, 0.717) is 4.88 Å². The third-order valence-corrected chi connectivity index (χ3v) is 4.34. The first-order valence-electron chi connectivity index (χ1n) is 5.87. The van der Waals surface area contributed by atoms with Crippen LogP contribution in [0.1, 0.15) is 29.2 Å². The van der Waals surface area contributed by atoms with E-state index in [0.717, 1.165) is 16.3 Å². The Hall–Kier alpha value is -1.24. The summed E-state index contributed by atoms with van der Waals surface area (Å²) in [6, 6.07) is 1.99. The highest BCUT2D eigenvalue weighted by Gasteiger charge is 2.19. The maximum Gasteiger partial charge on any atom is 0.263 e. The van der Waals surface area contributed by atoms with Crippen molar-refractivity contribution < 1.29 is 9.90 Å². The van der Waals surface area contributed by atoms with Gasteiger partial charge in [-0.15, -0.1) is 11.3 Å². The summed E-state index contributed by atoms with van der Waals surface area (Å²) in [5, 5.41) is 17.2. The number of amides is 1. The van der Waals surface area contributed by atoms with Crippen molar-refractivity contribution in [3.05, 3.63) is 27.4 Å². The van der Waals surface area contributed by atoms with Crippen molar-refractivity contribution in [2.45, 2.75) is 26.4 Å². The molecule has 0 fully saturated rings. The smallest absolute Gasteiger partial charge is 0.263 e. The van der Waals surface area contributed by atoms with Crippen LogP contribution in [-0.4, -0.2) is 28.1 Å². The molecule has 0 atom stereocenters. The van der Waals surface area contributed by atoms with Gasteiger partial charge in [-0.3, -0.25) is 4.79 Å². The number of thiophene rings is 1. The van der Waals surface area contributed by atoms with Crippen molar-refractivity contribution in [3.8, 4) is 10.6 Å². The van der Waals surface area contributed by atoms with Crippen molar-refractivity contribution >= 4 is 28.6 Å². The van der Waals surface area contributed by atoms with Gasteiger partial charge in [-0.1, -0.05) is 0 Å². The summed E-state index contributed by atoms with van der Waals surface area (Å²) in [6.07, 6.45) is 0. The van der Waals surface area contributed by atoms with Crippen LogP contribution in [0.4, 0.5) is 0 Å². The van der Waals surface area contributed by atoms with E-state index in [1.165, 1.54) is 11.3 Å². The van der Waals surface area contributed by atoms with Gasteiger partial charge in [0.15, 0.2) is 0 Å². The molecule has 0 spiro atoms. The molecule has 2 N–H and O–H groups in total. The average Bonchev–Trinajstić information content (AvgIpc) is 2.93. The molecule has 1 amide bonds. The minimum absolute atomic E-state index is 0.182. The maximum atomic E-state index is 12.0. The molecule has 2 aromatic heterocycles. The normalized spacial score (nSPS) is 11.6. The number of aryl methyl sites for hydroxylation is 1. The van der Waals surface area contributed by atoms with Crippen molar-refractivity contribution in [2.24, 2.45) is 0 Å². The van der Waals surface area contributed by atoms with E-state index < -0.39 is 5.60 Å². The Morgan fingerprint density at radius 3 is 2.84 bits per heavy atom. The molecule has 0 aliphatic rings. The molecule has 0 aliphatic heterocycles. The lowest BCUT2D eigenvalue weighted by Gasteiger charge is -2.17. The lowest BCUT2D eigenvalue weighted by atomic mass is 10.1. The largest absolute Gasteiger partial charge is 0.389 e. The zero-order valence-corrected chi connectivity index (χ0v) is 12.7. The van der Waals surface area contributed by atoms with Crippen LogP contribution in [-0.2, 0) is 0 Å². The van der Waals surface area contributed by atoms with Crippen LogP contribution < -0.4 is 5.32 Å². The molecule has 6 heteroatoms. The highest BCUT2D eigenvalue weighted by Crippen LogP contribution is 2.29. The van der Waals surface area contributed by atoms with Gasteiger partial charge in [0.1, 0.15) is 9.88 Å². The Morgan fingerprint density at radius 2 is 2.26 bits per heavy atom. The van der Waals surface area contributed by atoms with E-state index in [1.54, 1.807) is 25.2 Å². The highest BCUT2D eigenvalue weighted by molar-refractivity contribution is 7.17. The summed E-state index contributed by atoms with van der Waals surface area (Å²) in [4.78, 5) is 17.1. The minimum atomic E-state index is -0.912. The lowest BCUT2D eigenvalue weighted by Crippen LogP contribution is -2.38.